The first-order valence-corrected chi connectivity index (χ1v) is 11.8. The number of fused-ring (bicyclic) bond motifs is 2. The number of carbonyl (C=O) groups is 2. The maximum Gasteiger partial charge on any atom is 0.412 e. The molecular weight excluding hydrogens is 434 g/mol. The molecule has 2 N–H and O–H groups in total. The average molecular weight is 468 g/mol. The standard InChI is InChI=1S/C26H33N3O5/c1-27-26(31)34-21-5-4-19-12-20(22(19)15-21)16-28-9-6-25(30)29-10-7-17-13-23(32-2)24(33-3)14-18(17)8-11-29/h4-5,13-15,20,28H,6-12,16H2,1-3H3,(H,27,31). The third-order valence-electron chi connectivity index (χ3n) is 6.71. The third-order valence-corrected chi connectivity index (χ3v) is 6.71. The molecule has 8 nitrogen and oxygen atoms in total. The normalized spacial score (nSPS) is 16.4. The lowest BCUT2D eigenvalue weighted by Crippen LogP contribution is -2.36. The minimum Gasteiger partial charge on any atom is -0.493 e. The molecular formula is C26H33N3O5. The number of hydrogen-bond donors (Lipinski definition) is 2. The van der Waals surface area contributed by atoms with Gasteiger partial charge >= 0.3 is 6.09 Å². The van der Waals surface area contributed by atoms with Crippen molar-refractivity contribution in [2.75, 3.05) is 47.4 Å². The van der Waals surface area contributed by atoms with Crippen LogP contribution in [0.4, 0.5) is 4.79 Å². The molecule has 1 atom stereocenters. The first-order chi connectivity index (χ1) is 16.5. The van der Waals surface area contributed by atoms with Gasteiger partial charge in [0.05, 0.1) is 14.2 Å². The monoisotopic (exact) mass is 467 g/mol. The quantitative estimate of drug-likeness (QED) is 0.581. The van der Waals surface area contributed by atoms with Gasteiger partial charge in [0.25, 0.3) is 0 Å². The molecule has 0 saturated heterocycles. The summed E-state index contributed by atoms with van der Waals surface area (Å²) in [4.78, 5) is 26.2. The van der Waals surface area contributed by atoms with Gasteiger partial charge in [0.2, 0.25) is 5.91 Å². The van der Waals surface area contributed by atoms with E-state index in [4.69, 9.17) is 14.2 Å². The van der Waals surface area contributed by atoms with Crippen LogP contribution in [0, 0.1) is 0 Å². The van der Waals surface area contributed by atoms with Crippen molar-refractivity contribution < 1.29 is 23.8 Å². The number of rotatable bonds is 8. The summed E-state index contributed by atoms with van der Waals surface area (Å²) in [5.41, 5.74) is 4.92. The largest absolute Gasteiger partial charge is 0.493 e. The second kappa shape index (κ2) is 10.8. The Hall–Kier alpha value is -3.26. The lowest BCUT2D eigenvalue weighted by molar-refractivity contribution is -0.131. The van der Waals surface area contributed by atoms with E-state index in [0.29, 0.717) is 37.7 Å². The van der Waals surface area contributed by atoms with Crippen LogP contribution in [-0.4, -0.2) is 64.3 Å². The zero-order valence-corrected chi connectivity index (χ0v) is 20.1. The van der Waals surface area contributed by atoms with Crippen molar-refractivity contribution in [2.24, 2.45) is 0 Å². The fourth-order valence-electron chi connectivity index (χ4n) is 4.72. The highest BCUT2D eigenvalue weighted by molar-refractivity contribution is 5.76. The van der Waals surface area contributed by atoms with Crippen LogP contribution in [0.25, 0.3) is 0 Å². The van der Waals surface area contributed by atoms with Gasteiger partial charge in [-0.05, 0) is 65.8 Å². The van der Waals surface area contributed by atoms with E-state index in [-0.39, 0.29) is 5.91 Å². The summed E-state index contributed by atoms with van der Waals surface area (Å²) < 4.78 is 16.1. The van der Waals surface area contributed by atoms with Crippen LogP contribution in [-0.2, 0) is 24.1 Å². The Morgan fingerprint density at radius 3 is 2.29 bits per heavy atom. The van der Waals surface area contributed by atoms with E-state index in [0.717, 1.165) is 37.3 Å². The number of amides is 2. The minimum absolute atomic E-state index is 0.175. The van der Waals surface area contributed by atoms with E-state index in [1.165, 1.54) is 29.3 Å². The summed E-state index contributed by atoms with van der Waals surface area (Å²) in [5, 5.41) is 5.89. The molecule has 1 heterocycles. The highest BCUT2D eigenvalue weighted by atomic mass is 16.6. The maximum absolute atomic E-state index is 12.8. The summed E-state index contributed by atoms with van der Waals surface area (Å²) in [7, 11) is 4.82. The third kappa shape index (κ3) is 5.28. The molecule has 1 aliphatic carbocycles. The van der Waals surface area contributed by atoms with Crippen LogP contribution in [0.2, 0.25) is 0 Å². The van der Waals surface area contributed by atoms with Gasteiger partial charge in [0, 0.05) is 45.6 Å². The molecule has 1 aliphatic heterocycles. The Kier molecular flexibility index (Phi) is 7.57. The molecule has 0 radical (unpaired) electrons. The predicted molar refractivity (Wildman–Crippen MR) is 129 cm³/mol. The Balaban J connectivity index is 1.23. The maximum atomic E-state index is 12.8. The van der Waals surface area contributed by atoms with Crippen LogP contribution in [0.3, 0.4) is 0 Å². The van der Waals surface area contributed by atoms with Gasteiger partial charge in [-0.25, -0.2) is 4.79 Å². The van der Waals surface area contributed by atoms with Crippen molar-refractivity contribution in [3.8, 4) is 17.2 Å². The van der Waals surface area contributed by atoms with Gasteiger partial charge in [0.1, 0.15) is 5.75 Å². The van der Waals surface area contributed by atoms with Crippen LogP contribution in [0.15, 0.2) is 30.3 Å². The number of methoxy groups -OCH3 is 2. The number of nitrogens with one attached hydrogen (secondary N) is 2. The minimum atomic E-state index is -0.470. The van der Waals surface area contributed by atoms with E-state index in [9.17, 15) is 9.59 Å². The molecule has 1 unspecified atom stereocenters. The Morgan fingerprint density at radius 1 is 1.00 bits per heavy atom. The Bertz CT molecular complexity index is 1020. The molecule has 0 saturated carbocycles. The molecule has 182 valence electrons. The fourth-order valence-corrected chi connectivity index (χ4v) is 4.72. The molecule has 0 spiro atoms. The van der Waals surface area contributed by atoms with E-state index >= 15 is 0 Å². The van der Waals surface area contributed by atoms with Gasteiger partial charge in [-0.1, -0.05) is 6.07 Å². The van der Waals surface area contributed by atoms with Gasteiger partial charge in [-0.3, -0.25) is 4.79 Å². The Labute approximate surface area is 200 Å². The van der Waals surface area contributed by atoms with Crippen molar-refractivity contribution in [2.45, 2.75) is 31.6 Å². The molecule has 2 amide bonds. The van der Waals surface area contributed by atoms with Gasteiger partial charge in [-0.15, -0.1) is 0 Å². The SMILES string of the molecule is CNC(=O)Oc1ccc2c(c1)C(CNCCC(=O)N1CCc3cc(OC)c(OC)cc3CC1)C2. The second-order valence-electron chi connectivity index (χ2n) is 8.71. The number of benzene rings is 2. The highest BCUT2D eigenvalue weighted by Crippen LogP contribution is 2.37. The van der Waals surface area contributed by atoms with Gasteiger partial charge in [-0.2, -0.15) is 0 Å². The molecule has 0 bridgehead atoms. The second-order valence-corrected chi connectivity index (χ2v) is 8.71. The predicted octanol–water partition coefficient (Wildman–Crippen LogP) is 2.67. The average Bonchev–Trinajstić information content (AvgIpc) is 3.06. The lowest BCUT2D eigenvalue weighted by Gasteiger charge is -2.31. The van der Waals surface area contributed by atoms with Crippen LogP contribution >= 0.6 is 0 Å². The van der Waals surface area contributed by atoms with Crippen LogP contribution in [0.5, 0.6) is 17.2 Å². The molecule has 8 heteroatoms. The van der Waals surface area contributed by atoms with Crippen LogP contribution in [0.1, 0.15) is 34.6 Å². The zero-order valence-electron chi connectivity index (χ0n) is 20.1. The summed E-state index contributed by atoms with van der Waals surface area (Å²) in [6.07, 6.45) is 2.63. The number of nitrogens with zero attached hydrogens (tertiary/aromatic N) is 1. The molecule has 34 heavy (non-hydrogen) atoms. The van der Waals surface area contributed by atoms with Crippen molar-refractivity contribution in [3.63, 3.8) is 0 Å². The fraction of sp³-hybridized carbons (Fsp3) is 0.462. The first kappa shape index (κ1) is 23.9. The van der Waals surface area contributed by atoms with Crippen LogP contribution < -0.4 is 24.8 Å². The summed E-state index contributed by atoms with van der Waals surface area (Å²) >= 11 is 0. The lowest BCUT2D eigenvalue weighted by atomic mass is 9.77. The zero-order chi connectivity index (χ0) is 24.1. The highest BCUT2D eigenvalue weighted by Gasteiger charge is 2.27. The summed E-state index contributed by atoms with van der Waals surface area (Å²) in [6.45, 7) is 2.87. The van der Waals surface area contributed by atoms with Crippen molar-refractivity contribution in [1.29, 1.82) is 0 Å². The van der Waals surface area contributed by atoms with E-state index < -0.39 is 6.09 Å². The summed E-state index contributed by atoms with van der Waals surface area (Å²) in [6, 6.07) is 9.83. The summed E-state index contributed by atoms with van der Waals surface area (Å²) in [5.74, 6) is 2.56. The van der Waals surface area contributed by atoms with E-state index in [1.807, 2.05) is 35.2 Å². The van der Waals surface area contributed by atoms with Gasteiger partial charge < -0.3 is 29.7 Å². The van der Waals surface area contributed by atoms with E-state index in [1.54, 1.807) is 14.2 Å². The van der Waals surface area contributed by atoms with Crippen molar-refractivity contribution in [1.82, 2.24) is 15.5 Å². The molecule has 2 aromatic rings. The molecule has 2 aliphatic rings. The van der Waals surface area contributed by atoms with E-state index in [2.05, 4.69) is 10.6 Å². The number of ether oxygens (including phenoxy) is 3. The first-order valence-electron chi connectivity index (χ1n) is 11.8. The Morgan fingerprint density at radius 2 is 1.68 bits per heavy atom. The topological polar surface area (TPSA) is 89.1 Å². The molecule has 4 rings (SSSR count). The molecule has 2 aromatic carbocycles. The smallest absolute Gasteiger partial charge is 0.412 e. The number of hydrogen-bond acceptors (Lipinski definition) is 6. The molecule has 0 fully saturated rings. The number of carbonyl (C=O) groups excluding carboxylic acids is 2. The van der Waals surface area contributed by atoms with Gasteiger partial charge in [0.15, 0.2) is 11.5 Å². The molecule has 0 aromatic heterocycles. The van der Waals surface area contributed by atoms with Crippen molar-refractivity contribution >= 4 is 12.0 Å². The van der Waals surface area contributed by atoms with Crippen molar-refractivity contribution in [3.05, 3.63) is 52.6 Å².